The molecule has 0 rings (SSSR count). The lowest BCUT2D eigenvalue weighted by atomic mass is 10.3. The molecule has 1 unspecified atom stereocenters. The molecule has 80 valence electrons. The Hall–Kier alpha value is 1.73. The van der Waals surface area contributed by atoms with Crippen LogP contribution in [-0.2, 0) is 0 Å². The van der Waals surface area contributed by atoms with Crippen LogP contribution in [0.3, 0.4) is 0 Å². The van der Waals surface area contributed by atoms with Crippen LogP contribution in [-0.4, -0.2) is 18.6 Å². The Labute approximate surface area is 98.9 Å². The lowest BCUT2D eigenvalue weighted by Gasteiger charge is -2.43. The molecule has 0 N–H and O–H groups in total. The van der Waals surface area contributed by atoms with E-state index < -0.39 is 20.4 Å². The largest absolute Gasteiger partial charge is 0.362 e. The van der Waals surface area contributed by atoms with Gasteiger partial charge in [0.15, 0.2) is 0 Å². The van der Waals surface area contributed by atoms with Crippen molar-refractivity contribution in [3.8, 4) is 0 Å². The highest BCUT2D eigenvalue weighted by molar-refractivity contribution is 8.34. The van der Waals surface area contributed by atoms with Crippen LogP contribution in [0.2, 0.25) is 19.6 Å². The van der Waals surface area contributed by atoms with Crippen LogP contribution in [0.25, 0.3) is 0 Å². The predicted octanol–water partition coefficient (Wildman–Crippen LogP) is 5.25. The van der Waals surface area contributed by atoms with E-state index in [1.54, 1.807) is 0 Å². The highest BCUT2D eigenvalue weighted by Crippen LogP contribution is 2.67. The van der Waals surface area contributed by atoms with Crippen molar-refractivity contribution in [2.45, 2.75) is 45.6 Å². The standard InChI is InChI=1S/C7H18Cl3PSi2/c1-7(2,3)11(12(4,5)6)13(8,9)10/h1-6H3. The summed E-state index contributed by atoms with van der Waals surface area (Å²) < 4.78 is 0. The van der Waals surface area contributed by atoms with Gasteiger partial charge in [0, 0.05) is 0 Å². The van der Waals surface area contributed by atoms with Crippen LogP contribution < -0.4 is 0 Å². The van der Waals surface area contributed by atoms with E-state index in [4.69, 9.17) is 33.2 Å². The Kier molecular flexibility index (Phi) is 4.88. The molecule has 0 aliphatic heterocycles. The molecule has 13 heavy (non-hydrogen) atoms. The first kappa shape index (κ1) is 14.7. The SMILES string of the molecule is CC(C)(C)P([Si](C)(C)C)[Si](Cl)(Cl)Cl. The Morgan fingerprint density at radius 2 is 1.23 bits per heavy atom. The summed E-state index contributed by atoms with van der Waals surface area (Å²) in [5.41, 5.74) is -2.51. The average molecular weight is 296 g/mol. The van der Waals surface area contributed by atoms with Crippen LogP contribution >= 0.6 is 40.3 Å². The third-order valence-electron chi connectivity index (χ3n) is 1.60. The molecule has 0 bridgehead atoms. The fourth-order valence-corrected chi connectivity index (χ4v) is 50.1. The monoisotopic (exact) mass is 294 g/mol. The fourth-order valence-electron chi connectivity index (χ4n) is 1.77. The number of halogens is 3. The van der Waals surface area contributed by atoms with Gasteiger partial charge in [0.2, 0.25) is 0 Å². The summed E-state index contributed by atoms with van der Waals surface area (Å²) in [5.74, 6) is 0. The third-order valence-corrected chi connectivity index (χ3v) is 31.8. The molecular formula is C7H18Cl3PSi2. The van der Waals surface area contributed by atoms with E-state index in [1.807, 2.05) is 0 Å². The van der Waals surface area contributed by atoms with Crippen molar-refractivity contribution in [2.24, 2.45) is 0 Å². The maximum Gasteiger partial charge on any atom is 0.362 e. The maximum atomic E-state index is 6.20. The molecule has 0 aliphatic carbocycles. The zero-order valence-corrected chi connectivity index (χ0v) is 14.2. The molecule has 0 aromatic carbocycles. The van der Waals surface area contributed by atoms with Gasteiger partial charge >= 0.3 is 5.67 Å². The van der Waals surface area contributed by atoms with Crippen molar-refractivity contribution in [3.63, 3.8) is 0 Å². The smallest absolute Gasteiger partial charge is 0.121 e. The first-order valence-corrected chi connectivity index (χ1v) is 15.8. The summed E-state index contributed by atoms with van der Waals surface area (Å²) in [7, 11) is -1.74. The molecule has 0 amide bonds. The second-order valence-corrected chi connectivity index (χ2v) is 31.7. The normalized spacial score (nSPS) is 17.3. The minimum absolute atomic E-state index is 0.178. The number of rotatable bonds is 2. The Bertz CT molecular complexity index is 144. The molecular weight excluding hydrogens is 278 g/mol. The summed E-state index contributed by atoms with van der Waals surface area (Å²) >= 11 is 18.6. The molecule has 1 atom stereocenters. The zero-order valence-electron chi connectivity index (χ0n) is 9.08. The Morgan fingerprint density at radius 3 is 1.23 bits per heavy atom. The predicted molar refractivity (Wildman–Crippen MR) is 73.3 cm³/mol. The van der Waals surface area contributed by atoms with Crippen LogP contribution in [0.5, 0.6) is 0 Å². The molecule has 0 aliphatic rings. The molecule has 0 radical (unpaired) electrons. The third kappa shape index (κ3) is 4.86. The minimum Gasteiger partial charge on any atom is -0.121 e. The molecule has 0 aromatic rings. The van der Waals surface area contributed by atoms with E-state index in [1.165, 1.54) is 0 Å². The highest BCUT2D eigenvalue weighted by atomic mass is 35.9. The van der Waals surface area contributed by atoms with Crippen molar-refractivity contribution in [1.29, 1.82) is 0 Å². The van der Waals surface area contributed by atoms with E-state index in [0.717, 1.165) is 0 Å². The molecule has 0 nitrogen and oxygen atoms in total. The van der Waals surface area contributed by atoms with Gasteiger partial charge < -0.3 is 0 Å². The number of hydrogen-bond acceptors (Lipinski definition) is 0. The summed E-state index contributed by atoms with van der Waals surface area (Å²) in [6.45, 7) is 13.5. The molecule has 0 spiro atoms. The fraction of sp³-hybridized carbons (Fsp3) is 1.00. The molecule has 0 heterocycles. The second-order valence-electron chi connectivity index (χ2n) is 5.14. The zero-order chi connectivity index (χ0) is 11.1. The lowest BCUT2D eigenvalue weighted by Crippen LogP contribution is -2.37. The minimum atomic E-state index is -2.51. The van der Waals surface area contributed by atoms with E-state index in [0.29, 0.717) is 0 Å². The van der Waals surface area contributed by atoms with Gasteiger partial charge in [0.25, 0.3) is 0 Å². The lowest BCUT2D eigenvalue weighted by molar-refractivity contribution is 0.797. The van der Waals surface area contributed by atoms with E-state index in [2.05, 4.69) is 40.4 Å². The molecule has 0 aromatic heterocycles. The maximum absolute atomic E-state index is 6.20. The van der Waals surface area contributed by atoms with Crippen molar-refractivity contribution < 1.29 is 0 Å². The van der Waals surface area contributed by atoms with Crippen molar-refractivity contribution in [2.75, 3.05) is 0 Å². The van der Waals surface area contributed by atoms with Gasteiger partial charge in [-0.3, -0.25) is 0 Å². The Balaban J connectivity index is 5.02. The van der Waals surface area contributed by atoms with Crippen LogP contribution in [0.15, 0.2) is 0 Å². The molecule has 0 saturated carbocycles. The van der Waals surface area contributed by atoms with Gasteiger partial charge in [0.05, 0.1) is 7.74 Å². The van der Waals surface area contributed by atoms with Gasteiger partial charge in [-0.1, -0.05) is 47.4 Å². The second kappa shape index (κ2) is 4.31. The van der Waals surface area contributed by atoms with Crippen LogP contribution in [0, 0.1) is 0 Å². The summed E-state index contributed by atoms with van der Waals surface area (Å²) in [5, 5.41) is 0.178. The van der Waals surface area contributed by atoms with Gasteiger partial charge in [-0.15, -0.1) is 33.2 Å². The first-order chi connectivity index (χ1) is 5.37. The quantitative estimate of drug-likeness (QED) is 0.370. The average Bonchev–Trinajstić information content (AvgIpc) is 1.44. The number of hydrogen-bond donors (Lipinski definition) is 0. The van der Waals surface area contributed by atoms with E-state index >= 15 is 0 Å². The highest BCUT2D eigenvalue weighted by Gasteiger charge is 2.50. The summed E-state index contributed by atoms with van der Waals surface area (Å²) in [6.07, 6.45) is 0. The summed E-state index contributed by atoms with van der Waals surface area (Å²) in [6, 6.07) is 0. The van der Waals surface area contributed by atoms with Gasteiger partial charge in [0.1, 0.15) is 0 Å². The Morgan fingerprint density at radius 1 is 0.923 bits per heavy atom. The van der Waals surface area contributed by atoms with Gasteiger partial charge in [-0.05, 0) is 5.16 Å². The van der Waals surface area contributed by atoms with Crippen molar-refractivity contribution >= 4 is 53.7 Å². The van der Waals surface area contributed by atoms with Crippen molar-refractivity contribution in [3.05, 3.63) is 0 Å². The van der Waals surface area contributed by atoms with Crippen molar-refractivity contribution in [1.82, 2.24) is 0 Å². The van der Waals surface area contributed by atoms with E-state index in [-0.39, 0.29) is 5.16 Å². The van der Waals surface area contributed by atoms with Gasteiger partial charge in [-0.25, -0.2) is 0 Å². The summed E-state index contributed by atoms with van der Waals surface area (Å²) in [4.78, 5) is 0. The van der Waals surface area contributed by atoms with Crippen LogP contribution in [0.4, 0.5) is 0 Å². The topological polar surface area (TPSA) is 0 Å². The first-order valence-electron chi connectivity index (χ1n) is 4.24. The molecule has 6 heteroatoms. The molecule has 0 saturated heterocycles. The van der Waals surface area contributed by atoms with E-state index in [9.17, 15) is 0 Å². The van der Waals surface area contributed by atoms with Gasteiger partial charge in [-0.2, -0.15) is 0 Å². The molecule has 0 fully saturated rings. The van der Waals surface area contributed by atoms with Crippen LogP contribution in [0.1, 0.15) is 20.8 Å².